The highest BCUT2D eigenvalue weighted by Gasteiger charge is 2.23. The average Bonchev–Trinajstić information content (AvgIpc) is 3.25. The van der Waals surface area contributed by atoms with Crippen LogP contribution in [0, 0.1) is 0 Å². The first-order chi connectivity index (χ1) is 12.0. The molecule has 0 unspecified atom stereocenters. The van der Waals surface area contributed by atoms with Gasteiger partial charge in [-0.3, -0.25) is 9.40 Å². The summed E-state index contributed by atoms with van der Waals surface area (Å²) in [6, 6.07) is 7.76. The Morgan fingerprint density at radius 3 is 2.64 bits per heavy atom. The van der Waals surface area contributed by atoms with Crippen molar-refractivity contribution in [2.24, 2.45) is 0 Å². The van der Waals surface area contributed by atoms with Crippen LogP contribution in [0.1, 0.15) is 38.2 Å². The highest BCUT2D eigenvalue weighted by Crippen LogP contribution is 2.28. The summed E-state index contributed by atoms with van der Waals surface area (Å²) in [5, 5.41) is 4.02. The molecular formula is C18H26N4O2S. The molecule has 1 atom stereocenters. The van der Waals surface area contributed by atoms with Gasteiger partial charge >= 0.3 is 0 Å². The van der Waals surface area contributed by atoms with Crippen LogP contribution in [0.3, 0.4) is 0 Å². The molecule has 1 aliphatic rings. The summed E-state index contributed by atoms with van der Waals surface area (Å²) in [5.41, 5.74) is 1.86. The van der Waals surface area contributed by atoms with Gasteiger partial charge in [0, 0.05) is 25.0 Å². The lowest BCUT2D eigenvalue weighted by Gasteiger charge is -2.15. The fourth-order valence-corrected chi connectivity index (χ4v) is 4.33. The Balaban J connectivity index is 1.66. The lowest BCUT2D eigenvalue weighted by molar-refractivity contribution is 0.335. The molecule has 2 aromatic rings. The van der Waals surface area contributed by atoms with Gasteiger partial charge in [0.1, 0.15) is 4.90 Å². The maximum Gasteiger partial charge on any atom is 0.265 e. The number of rotatable bonds is 7. The van der Waals surface area contributed by atoms with Gasteiger partial charge in [-0.15, -0.1) is 0 Å². The minimum atomic E-state index is -3.59. The van der Waals surface area contributed by atoms with E-state index < -0.39 is 10.0 Å². The predicted octanol–water partition coefficient (Wildman–Crippen LogP) is 2.90. The Kier molecular flexibility index (Phi) is 5.44. The minimum Gasteiger partial charge on any atom is -0.303 e. The van der Waals surface area contributed by atoms with Crippen molar-refractivity contribution in [1.29, 1.82) is 0 Å². The number of nitrogens with zero attached hydrogens (tertiary/aromatic N) is 3. The Hall–Kier alpha value is -1.86. The average molecular weight is 362 g/mol. The van der Waals surface area contributed by atoms with E-state index in [0.29, 0.717) is 18.2 Å². The van der Waals surface area contributed by atoms with E-state index in [1.165, 1.54) is 30.8 Å². The molecule has 6 nitrogen and oxygen atoms in total. The number of nitrogens with one attached hydrogen (secondary N) is 1. The zero-order chi connectivity index (χ0) is 17.9. The van der Waals surface area contributed by atoms with E-state index in [-0.39, 0.29) is 4.90 Å². The lowest BCUT2D eigenvalue weighted by Crippen LogP contribution is -2.20. The molecule has 1 aliphatic heterocycles. The van der Waals surface area contributed by atoms with Crippen molar-refractivity contribution in [2.75, 3.05) is 24.4 Å². The van der Waals surface area contributed by atoms with E-state index in [1.807, 2.05) is 31.2 Å². The summed E-state index contributed by atoms with van der Waals surface area (Å²) in [4.78, 5) is 2.68. The molecule has 136 valence electrons. The Labute approximate surface area is 149 Å². The van der Waals surface area contributed by atoms with E-state index >= 15 is 0 Å². The van der Waals surface area contributed by atoms with Crippen molar-refractivity contribution in [2.45, 2.75) is 44.0 Å². The molecule has 0 aliphatic carbocycles. The van der Waals surface area contributed by atoms with E-state index in [4.69, 9.17) is 0 Å². The monoisotopic (exact) mass is 362 g/mol. The van der Waals surface area contributed by atoms with Crippen molar-refractivity contribution in [1.82, 2.24) is 14.7 Å². The minimum absolute atomic E-state index is 0.185. The van der Waals surface area contributed by atoms with Gasteiger partial charge in [0.25, 0.3) is 10.0 Å². The Morgan fingerprint density at radius 2 is 2.00 bits per heavy atom. The number of hydrogen-bond donors (Lipinski definition) is 1. The molecule has 0 amide bonds. The lowest BCUT2D eigenvalue weighted by atomic mass is 9.98. The largest absolute Gasteiger partial charge is 0.303 e. The van der Waals surface area contributed by atoms with Crippen molar-refractivity contribution < 1.29 is 8.42 Å². The third kappa shape index (κ3) is 4.22. The highest BCUT2D eigenvalue weighted by atomic mass is 32.2. The molecule has 1 aromatic carbocycles. The molecule has 1 N–H and O–H groups in total. The molecular weight excluding hydrogens is 336 g/mol. The van der Waals surface area contributed by atoms with Gasteiger partial charge in [-0.05, 0) is 56.5 Å². The van der Waals surface area contributed by atoms with Crippen molar-refractivity contribution in [3.05, 3.63) is 42.2 Å². The summed E-state index contributed by atoms with van der Waals surface area (Å²) in [6.45, 7) is 8.16. The quantitative estimate of drug-likeness (QED) is 0.822. The molecule has 0 spiro atoms. The van der Waals surface area contributed by atoms with Crippen molar-refractivity contribution in [3.8, 4) is 0 Å². The van der Waals surface area contributed by atoms with Gasteiger partial charge < -0.3 is 4.90 Å². The summed E-state index contributed by atoms with van der Waals surface area (Å²) in [7, 11) is -3.59. The van der Waals surface area contributed by atoms with E-state index in [1.54, 1.807) is 4.68 Å². The molecule has 1 saturated heterocycles. The molecule has 25 heavy (non-hydrogen) atoms. The van der Waals surface area contributed by atoms with E-state index in [9.17, 15) is 8.42 Å². The van der Waals surface area contributed by atoms with Crippen LogP contribution in [0.5, 0.6) is 0 Å². The molecule has 7 heteroatoms. The van der Waals surface area contributed by atoms with Crippen molar-refractivity contribution >= 4 is 15.7 Å². The molecule has 1 aromatic heterocycles. The fraction of sp³-hybridized carbons (Fsp3) is 0.500. The smallest absolute Gasteiger partial charge is 0.265 e. The molecule has 1 fully saturated rings. The summed E-state index contributed by atoms with van der Waals surface area (Å²) < 4.78 is 29.1. The number of aryl methyl sites for hydroxylation is 1. The van der Waals surface area contributed by atoms with Gasteiger partial charge in [0.15, 0.2) is 0 Å². The first-order valence-electron chi connectivity index (χ1n) is 8.89. The van der Waals surface area contributed by atoms with E-state index in [2.05, 4.69) is 21.6 Å². The molecule has 3 rings (SSSR count). The first-order valence-corrected chi connectivity index (χ1v) is 10.4. The van der Waals surface area contributed by atoms with Gasteiger partial charge in [0.2, 0.25) is 0 Å². The van der Waals surface area contributed by atoms with Gasteiger partial charge in [0.05, 0.1) is 6.20 Å². The highest BCUT2D eigenvalue weighted by molar-refractivity contribution is 7.92. The van der Waals surface area contributed by atoms with Crippen molar-refractivity contribution in [3.63, 3.8) is 0 Å². The third-order valence-electron chi connectivity index (χ3n) is 4.69. The molecule has 0 saturated carbocycles. The van der Waals surface area contributed by atoms with Gasteiger partial charge in [-0.2, -0.15) is 5.10 Å². The van der Waals surface area contributed by atoms with Gasteiger partial charge in [-0.25, -0.2) is 8.42 Å². The molecule has 0 radical (unpaired) electrons. The summed E-state index contributed by atoms with van der Waals surface area (Å²) in [5.74, 6) is 0.542. The third-order valence-corrected chi connectivity index (χ3v) is 6.03. The first kappa shape index (κ1) is 17.9. The zero-order valence-electron chi connectivity index (χ0n) is 14.9. The van der Waals surface area contributed by atoms with Crippen LogP contribution in [0.25, 0.3) is 0 Å². The number of likely N-dealkylation sites (tertiary alicyclic amines) is 1. The summed E-state index contributed by atoms with van der Waals surface area (Å²) in [6.07, 6.45) is 5.27. The number of sulfonamides is 1. The van der Waals surface area contributed by atoms with Crippen LogP contribution in [0.4, 0.5) is 5.69 Å². The van der Waals surface area contributed by atoms with Crippen LogP contribution < -0.4 is 4.72 Å². The Bertz CT molecular complexity index is 799. The maximum atomic E-state index is 12.4. The van der Waals surface area contributed by atoms with E-state index in [0.717, 1.165) is 19.6 Å². The zero-order valence-corrected chi connectivity index (χ0v) is 15.7. The second kappa shape index (κ2) is 7.58. The number of benzene rings is 1. The van der Waals surface area contributed by atoms with Crippen LogP contribution in [0.2, 0.25) is 0 Å². The van der Waals surface area contributed by atoms with Crippen LogP contribution in [0.15, 0.2) is 41.6 Å². The topological polar surface area (TPSA) is 67.2 Å². The normalized spacial score (nSPS) is 18.6. The number of aromatic nitrogens is 2. The second-order valence-electron chi connectivity index (χ2n) is 6.55. The molecule has 0 bridgehead atoms. The van der Waals surface area contributed by atoms with Gasteiger partial charge in [-0.1, -0.05) is 19.1 Å². The number of hydrogen-bond acceptors (Lipinski definition) is 4. The standard InChI is InChI=1S/C18H26N4O2S/c1-3-10-21-11-9-16(13-21)15-5-7-17(8-6-15)20-25(23,24)18-12-19-22(4-2)14-18/h5-8,12,14,16,20H,3-4,9-11,13H2,1-2H3/t16-/m1/s1. The summed E-state index contributed by atoms with van der Waals surface area (Å²) >= 11 is 0. The van der Waals surface area contributed by atoms with Crippen LogP contribution in [-0.2, 0) is 16.6 Å². The number of anilines is 1. The maximum absolute atomic E-state index is 12.4. The van der Waals surface area contributed by atoms with Crippen LogP contribution in [-0.4, -0.2) is 42.7 Å². The fourth-order valence-electron chi connectivity index (χ4n) is 3.32. The van der Waals surface area contributed by atoms with Crippen LogP contribution >= 0.6 is 0 Å². The molecule has 2 heterocycles. The predicted molar refractivity (Wildman–Crippen MR) is 99.2 cm³/mol. The Morgan fingerprint density at radius 1 is 1.24 bits per heavy atom. The second-order valence-corrected chi connectivity index (χ2v) is 8.23. The SMILES string of the molecule is CCCN1CC[C@@H](c2ccc(NS(=O)(=O)c3cnn(CC)c3)cc2)C1.